The Balaban J connectivity index is 1.82. The van der Waals surface area contributed by atoms with E-state index < -0.39 is 0 Å². The Bertz CT molecular complexity index is 464. The third kappa shape index (κ3) is 3.82. The predicted octanol–water partition coefficient (Wildman–Crippen LogP) is 3.35. The maximum atomic E-state index is 5.84. The lowest BCUT2D eigenvalue weighted by atomic mass is 10.0. The SMILES string of the molecule is CCNC(c1ccc2c(c1)OCCCO2)C1CSCCS1. The molecule has 3 nitrogen and oxygen atoms in total. The van der Waals surface area contributed by atoms with Crippen LogP contribution in [0.15, 0.2) is 18.2 Å². The number of hydrogen-bond acceptors (Lipinski definition) is 5. The van der Waals surface area contributed by atoms with Crippen molar-refractivity contribution in [1.29, 1.82) is 0 Å². The van der Waals surface area contributed by atoms with Crippen molar-refractivity contribution in [2.75, 3.05) is 37.0 Å². The van der Waals surface area contributed by atoms with Crippen LogP contribution in [0.25, 0.3) is 0 Å². The second-order valence-electron chi connectivity index (χ2n) is 5.28. The highest BCUT2D eigenvalue weighted by molar-refractivity contribution is 8.06. The fourth-order valence-electron chi connectivity index (χ4n) is 2.76. The highest BCUT2D eigenvalue weighted by Crippen LogP contribution is 2.37. The summed E-state index contributed by atoms with van der Waals surface area (Å²) in [6, 6.07) is 6.83. The summed E-state index contributed by atoms with van der Waals surface area (Å²) in [5, 5.41) is 4.29. The molecule has 2 aliphatic heterocycles. The number of rotatable bonds is 4. The first kappa shape index (κ1) is 15.4. The van der Waals surface area contributed by atoms with E-state index >= 15 is 0 Å². The van der Waals surface area contributed by atoms with Crippen LogP contribution in [0.2, 0.25) is 0 Å². The number of nitrogens with one attached hydrogen (secondary N) is 1. The van der Waals surface area contributed by atoms with E-state index in [1.807, 2.05) is 0 Å². The fraction of sp³-hybridized carbons (Fsp3) is 0.625. The number of benzene rings is 1. The molecule has 0 amide bonds. The Hall–Kier alpha value is -0.520. The first-order valence-electron chi connectivity index (χ1n) is 7.70. The molecule has 1 saturated heterocycles. The lowest BCUT2D eigenvalue weighted by Crippen LogP contribution is -2.33. The van der Waals surface area contributed by atoms with Crippen molar-refractivity contribution in [3.8, 4) is 11.5 Å². The van der Waals surface area contributed by atoms with Gasteiger partial charge in [0.05, 0.1) is 13.2 Å². The Morgan fingerprint density at radius 1 is 1.24 bits per heavy atom. The summed E-state index contributed by atoms with van der Waals surface area (Å²) in [7, 11) is 0. The van der Waals surface area contributed by atoms with E-state index in [1.165, 1.54) is 22.8 Å². The van der Waals surface area contributed by atoms with Crippen LogP contribution in [0.1, 0.15) is 24.9 Å². The summed E-state index contributed by atoms with van der Waals surface area (Å²) < 4.78 is 11.6. The van der Waals surface area contributed by atoms with Crippen LogP contribution in [0.4, 0.5) is 0 Å². The second-order valence-corrected chi connectivity index (χ2v) is 7.77. The molecule has 3 rings (SSSR count). The van der Waals surface area contributed by atoms with Gasteiger partial charge in [0.2, 0.25) is 0 Å². The van der Waals surface area contributed by atoms with E-state index in [9.17, 15) is 0 Å². The molecule has 0 aromatic heterocycles. The Morgan fingerprint density at radius 2 is 2.10 bits per heavy atom. The molecule has 1 aromatic rings. The summed E-state index contributed by atoms with van der Waals surface area (Å²) in [6.07, 6.45) is 0.954. The summed E-state index contributed by atoms with van der Waals surface area (Å²) in [6.45, 7) is 4.66. The van der Waals surface area contributed by atoms with Crippen molar-refractivity contribution in [1.82, 2.24) is 5.32 Å². The number of fused-ring (bicyclic) bond motifs is 1. The van der Waals surface area contributed by atoms with Gasteiger partial charge in [0.15, 0.2) is 11.5 Å². The summed E-state index contributed by atoms with van der Waals surface area (Å²) in [4.78, 5) is 0. The maximum Gasteiger partial charge on any atom is 0.161 e. The van der Waals surface area contributed by atoms with Crippen molar-refractivity contribution < 1.29 is 9.47 Å². The molecule has 0 bridgehead atoms. The third-order valence-electron chi connectivity index (χ3n) is 3.77. The van der Waals surface area contributed by atoms with Crippen LogP contribution in [-0.2, 0) is 0 Å². The molecule has 2 unspecified atom stereocenters. The van der Waals surface area contributed by atoms with Crippen molar-refractivity contribution in [3.63, 3.8) is 0 Å². The number of ether oxygens (including phenoxy) is 2. The second kappa shape index (κ2) is 7.65. The standard InChI is InChI=1S/C16H23NO2S2/c1-2-17-16(15-11-20-8-9-21-15)12-4-5-13-14(10-12)19-7-3-6-18-13/h4-5,10,15-17H,2-3,6-9,11H2,1H3. The van der Waals surface area contributed by atoms with E-state index in [0.29, 0.717) is 11.3 Å². The minimum Gasteiger partial charge on any atom is -0.490 e. The molecule has 1 aromatic carbocycles. The van der Waals surface area contributed by atoms with Crippen LogP contribution in [0.5, 0.6) is 11.5 Å². The minimum atomic E-state index is 0.393. The van der Waals surface area contributed by atoms with Crippen molar-refractivity contribution in [2.24, 2.45) is 0 Å². The van der Waals surface area contributed by atoms with Crippen LogP contribution in [0, 0.1) is 0 Å². The summed E-state index contributed by atoms with van der Waals surface area (Å²) >= 11 is 4.16. The van der Waals surface area contributed by atoms with E-state index in [1.54, 1.807) is 0 Å². The summed E-state index contributed by atoms with van der Waals surface area (Å²) in [5.74, 6) is 5.54. The maximum absolute atomic E-state index is 5.84. The Kier molecular flexibility index (Phi) is 5.61. The van der Waals surface area contributed by atoms with Crippen LogP contribution in [-0.4, -0.2) is 42.3 Å². The van der Waals surface area contributed by atoms with Gasteiger partial charge in [0.25, 0.3) is 0 Å². The third-order valence-corrected chi connectivity index (χ3v) is 6.63. The molecule has 2 aliphatic rings. The van der Waals surface area contributed by atoms with Gasteiger partial charge in [-0.1, -0.05) is 13.0 Å². The van der Waals surface area contributed by atoms with Crippen molar-refractivity contribution in [2.45, 2.75) is 24.6 Å². The van der Waals surface area contributed by atoms with E-state index in [2.05, 4.69) is 54.0 Å². The largest absolute Gasteiger partial charge is 0.490 e. The smallest absolute Gasteiger partial charge is 0.161 e. The molecule has 0 aliphatic carbocycles. The Labute approximate surface area is 135 Å². The molecule has 2 atom stereocenters. The first-order chi connectivity index (χ1) is 10.4. The van der Waals surface area contributed by atoms with E-state index in [-0.39, 0.29) is 0 Å². The molecule has 2 heterocycles. The van der Waals surface area contributed by atoms with Gasteiger partial charge in [-0.25, -0.2) is 0 Å². The van der Waals surface area contributed by atoms with Crippen LogP contribution in [0.3, 0.4) is 0 Å². The topological polar surface area (TPSA) is 30.5 Å². The molecule has 1 N–H and O–H groups in total. The molecule has 116 valence electrons. The van der Waals surface area contributed by atoms with Gasteiger partial charge in [-0.2, -0.15) is 23.5 Å². The van der Waals surface area contributed by atoms with E-state index in [0.717, 1.165) is 37.7 Å². The average Bonchev–Trinajstić information content (AvgIpc) is 2.78. The van der Waals surface area contributed by atoms with Gasteiger partial charge in [-0.15, -0.1) is 0 Å². The zero-order valence-electron chi connectivity index (χ0n) is 12.5. The van der Waals surface area contributed by atoms with Gasteiger partial charge in [0.1, 0.15) is 0 Å². The first-order valence-corrected chi connectivity index (χ1v) is 9.91. The molecule has 1 fully saturated rings. The molecule has 0 spiro atoms. The minimum absolute atomic E-state index is 0.393. The highest BCUT2D eigenvalue weighted by atomic mass is 32.2. The summed E-state index contributed by atoms with van der Waals surface area (Å²) in [5.41, 5.74) is 1.32. The molecular formula is C16H23NO2S2. The van der Waals surface area contributed by atoms with Gasteiger partial charge in [0, 0.05) is 35.0 Å². The Morgan fingerprint density at radius 3 is 2.86 bits per heavy atom. The normalized spacial score (nSPS) is 23.4. The zero-order chi connectivity index (χ0) is 14.5. The number of thioether (sulfide) groups is 2. The van der Waals surface area contributed by atoms with Gasteiger partial charge >= 0.3 is 0 Å². The number of hydrogen-bond donors (Lipinski definition) is 1. The quantitative estimate of drug-likeness (QED) is 0.917. The average molecular weight is 325 g/mol. The monoisotopic (exact) mass is 325 g/mol. The molecule has 0 radical (unpaired) electrons. The van der Waals surface area contributed by atoms with Crippen molar-refractivity contribution >= 4 is 23.5 Å². The molecule has 0 saturated carbocycles. The fourth-order valence-corrected chi connectivity index (χ4v) is 5.63. The lowest BCUT2D eigenvalue weighted by molar-refractivity contribution is 0.297. The van der Waals surface area contributed by atoms with Gasteiger partial charge in [-0.3, -0.25) is 0 Å². The van der Waals surface area contributed by atoms with Gasteiger partial charge < -0.3 is 14.8 Å². The molecule has 5 heteroatoms. The van der Waals surface area contributed by atoms with Gasteiger partial charge in [-0.05, 0) is 24.2 Å². The molecule has 21 heavy (non-hydrogen) atoms. The van der Waals surface area contributed by atoms with Crippen molar-refractivity contribution in [3.05, 3.63) is 23.8 Å². The van der Waals surface area contributed by atoms with Crippen LogP contribution < -0.4 is 14.8 Å². The van der Waals surface area contributed by atoms with E-state index in [4.69, 9.17) is 9.47 Å². The highest BCUT2D eigenvalue weighted by Gasteiger charge is 2.26. The van der Waals surface area contributed by atoms with Crippen LogP contribution >= 0.6 is 23.5 Å². The molecular weight excluding hydrogens is 302 g/mol. The predicted molar refractivity (Wildman–Crippen MR) is 92.0 cm³/mol. The zero-order valence-corrected chi connectivity index (χ0v) is 14.1. The lowest BCUT2D eigenvalue weighted by Gasteiger charge is -2.30.